The molecule has 0 saturated carbocycles. The smallest absolute Gasteiger partial charge is 0.126 e. The lowest BCUT2D eigenvalue weighted by molar-refractivity contribution is 0.318. The Bertz CT molecular complexity index is 316. The van der Waals surface area contributed by atoms with E-state index in [2.05, 4.69) is 26.0 Å². The summed E-state index contributed by atoms with van der Waals surface area (Å²) < 4.78 is 11.3. The van der Waals surface area contributed by atoms with Crippen molar-refractivity contribution < 1.29 is 9.47 Å². The first-order valence-corrected chi connectivity index (χ1v) is 6.00. The van der Waals surface area contributed by atoms with Gasteiger partial charge in [0.2, 0.25) is 0 Å². The summed E-state index contributed by atoms with van der Waals surface area (Å²) in [5.41, 5.74) is 2.35. The third-order valence-electron chi connectivity index (χ3n) is 2.60. The Morgan fingerprint density at radius 3 is 1.75 bits per heavy atom. The molecule has 0 aliphatic heterocycles. The van der Waals surface area contributed by atoms with E-state index in [-0.39, 0.29) is 0 Å². The zero-order valence-corrected chi connectivity index (χ0v) is 11.0. The standard InChI is InChI=1S/C14H22O2/c1-6-15-13-8-12(10(3)4)9-14(11(13)5)16-7-2/h8-10H,6-7H2,1-5H3. The van der Waals surface area contributed by atoms with Crippen molar-refractivity contribution in [2.45, 2.75) is 40.5 Å². The monoisotopic (exact) mass is 222 g/mol. The minimum atomic E-state index is 0.485. The van der Waals surface area contributed by atoms with Gasteiger partial charge in [0.15, 0.2) is 0 Å². The van der Waals surface area contributed by atoms with Crippen LogP contribution in [-0.4, -0.2) is 13.2 Å². The second kappa shape index (κ2) is 5.78. The number of ether oxygens (including phenoxy) is 2. The highest BCUT2D eigenvalue weighted by atomic mass is 16.5. The van der Waals surface area contributed by atoms with Crippen molar-refractivity contribution in [3.8, 4) is 11.5 Å². The van der Waals surface area contributed by atoms with Crippen LogP contribution in [0.3, 0.4) is 0 Å². The Morgan fingerprint density at radius 1 is 1.00 bits per heavy atom. The molecule has 0 fully saturated rings. The highest BCUT2D eigenvalue weighted by molar-refractivity contribution is 5.48. The Morgan fingerprint density at radius 2 is 1.44 bits per heavy atom. The summed E-state index contributed by atoms with van der Waals surface area (Å²) in [7, 11) is 0. The quantitative estimate of drug-likeness (QED) is 0.752. The summed E-state index contributed by atoms with van der Waals surface area (Å²) in [5.74, 6) is 2.37. The molecule has 1 aromatic carbocycles. The summed E-state index contributed by atoms with van der Waals surface area (Å²) in [6, 6.07) is 4.23. The lowest BCUT2D eigenvalue weighted by Gasteiger charge is -2.16. The van der Waals surface area contributed by atoms with Crippen LogP contribution in [0.1, 0.15) is 44.7 Å². The maximum Gasteiger partial charge on any atom is 0.126 e. The predicted molar refractivity (Wildman–Crippen MR) is 67.6 cm³/mol. The Labute approximate surface area is 98.6 Å². The number of benzene rings is 1. The fourth-order valence-corrected chi connectivity index (χ4v) is 1.63. The summed E-state index contributed by atoms with van der Waals surface area (Å²) >= 11 is 0. The van der Waals surface area contributed by atoms with E-state index in [0.717, 1.165) is 17.1 Å². The third-order valence-corrected chi connectivity index (χ3v) is 2.60. The van der Waals surface area contributed by atoms with Gasteiger partial charge in [-0.15, -0.1) is 0 Å². The first-order chi connectivity index (χ1) is 7.60. The van der Waals surface area contributed by atoms with E-state index in [1.807, 2.05) is 20.8 Å². The molecule has 2 heteroatoms. The molecule has 0 spiro atoms. The number of hydrogen-bond donors (Lipinski definition) is 0. The molecular weight excluding hydrogens is 200 g/mol. The van der Waals surface area contributed by atoms with Gasteiger partial charge in [-0.25, -0.2) is 0 Å². The lowest BCUT2D eigenvalue weighted by atomic mass is 10.0. The summed E-state index contributed by atoms with van der Waals surface area (Å²) in [5, 5.41) is 0. The molecule has 0 unspecified atom stereocenters. The van der Waals surface area contributed by atoms with Gasteiger partial charge >= 0.3 is 0 Å². The topological polar surface area (TPSA) is 18.5 Å². The van der Waals surface area contributed by atoms with Crippen molar-refractivity contribution >= 4 is 0 Å². The fourth-order valence-electron chi connectivity index (χ4n) is 1.63. The highest BCUT2D eigenvalue weighted by Crippen LogP contribution is 2.32. The molecule has 0 bridgehead atoms. The average Bonchev–Trinajstić information content (AvgIpc) is 2.24. The van der Waals surface area contributed by atoms with Crippen LogP contribution in [0.25, 0.3) is 0 Å². The van der Waals surface area contributed by atoms with Crippen LogP contribution in [0.5, 0.6) is 11.5 Å². The van der Waals surface area contributed by atoms with Crippen LogP contribution in [0.2, 0.25) is 0 Å². The molecule has 0 atom stereocenters. The van der Waals surface area contributed by atoms with Crippen molar-refractivity contribution in [3.05, 3.63) is 23.3 Å². The number of rotatable bonds is 5. The van der Waals surface area contributed by atoms with E-state index in [1.165, 1.54) is 5.56 Å². The molecule has 0 amide bonds. The Kier molecular flexibility index (Phi) is 4.66. The summed E-state index contributed by atoms with van der Waals surface area (Å²) in [6.07, 6.45) is 0. The van der Waals surface area contributed by atoms with Gasteiger partial charge in [-0.05, 0) is 44.4 Å². The Hall–Kier alpha value is -1.18. The third kappa shape index (κ3) is 2.91. The maximum atomic E-state index is 5.63. The van der Waals surface area contributed by atoms with Crippen LogP contribution < -0.4 is 9.47 Å². The molecule has 2 nitrogen and oxygen atoms in total. The van der Waals surface area contributed by atoms with Crippen LogP contribution in [0.4, 0.5) is 0 Å². The van der Waals surface area contributed by atoms with E-state index < -0.39 is 0 Å². The number of hydrogen-bond acceptors (Lipinski definition) is 2. The van der Waals surface area contributed by atoms with E-state index in [1.54, 1.807) is 0 Å². The fraction of sp³-hybridized carbons (Fsp3) is 0.571. The highest BCUT2D eigenvalue weighted by Gasteiger charge is 2.11. The molecule has 1 aromatic rings. The zero-order valence-electron chi connectivity index (χ0n) is 11.0. The van der Waals surface area contributed by atoms with Gasteiger partial charge in [0.1, 0.15) is 11.5 Å². The molecule has 0 aliphatic carbocycles. The van der Waals surface area contributed by atoms with E-state index in [4.69, 9.17) is 9.47 Å². The van der Waals surface area contributed by atoms with Gasteiger partial charge in [0.05, 0.1) is 13.2 Å². The lowest BCUT2D eigenvalue weighted by Crippen LogP contribution is -2.01. The van der Waals surface area contributed by atoms with Gasteiger partial charge in [-0.1, -0.05) is 13.8 Å². The largest absolute Gasteiger partial charge is 0.493 e. The Balaban J connectivity index is 3.16. The second-order valence-corrected chi connectivity index (χ2v) is 4.16. The van der Waals surface area contributed by atoms with Crippen LogP contribution in [0, 0.1) is 6.92 Å². The first-order valence-electron chi connectivity index (χ1n) is 6.00. The normalized spacial score (nSPS) is 10.6. The van der Waals surface area contributed by atoms with E-state index in [0.29, 0.717) is 19.1 Å². The van der Waals surface area contributed by atoms with Crippen molar-refractivity contribution in [2.75, 3.05) is 13.2 Å². The van der Waals surface area contributed by atoms with Gasteiger partial charge in [0, 0.05) is 5.56 Å². The van der Waals surface area contributed by atoms with Crippen molar-refractivity contribution in [3.63, 3.8) is 0 Å². The van der Waals surface area contributed by atoms with Crippen LogP contribution >= 0.6 is 0 Å². The van der Waals surface area contributed by atoms with Gasteiger partial charge < -0.3 is 9.47 Å². The first kappa shape index (κ1) is 12.9. The van der Waals surface area contributed by atoms with Crippen molar-refractivity contribution in [2.24, 2.45) is 0 Å². The van der Waals surface area contributed by atoms with Crippen molar-refractivity contribution in [1.29, 1.82) is 0 Å². The molecule has 0 saturated heterocycles. The van der Waals surface area contributed by atoms with Crippen molar-refractivity contribution in [1.82, 2.24) is 0 Å². The SMILES string of the molecule is CCOc1cc(C(C)C)cc(OCC)c1C. The summed E-state index contributed by atoms with van der Waals surface area (Å²) in [6.45, 7) is 11.8. The van der Waals surface area contributed by atoms with Crippen LogP contribution in [0.15, 0.2) is 12.1 Å². The van der Waals surface area contributed by atoms with E-state index >= 15 is 0 Å². The van der Waals surface area contributed by atoms with Crippen LogP contribution in [-0.2, 0) is 0 Å². The predicted octanol–water partition coefficient (Wildman–Crippen LogP) is 3.92. The van der Waals surface area contributed by atoms with E-state index in [9.17, 15) is 0 Å². The molecule has 0 aromatic heterocycles. The maximum absolute atomic E-state index is 5.63. The molecule has 0 heterocycles. The minimum Gasteiger partial charge on any atom is -0.493 e. The van der Waals surface area contributed by atoms with Gasteiger partial charge in [0.25, 0.3) is 0 Å². The second-order valence-electron chi connectivity index (χ2n) is 4.16. The molecule has 1 rings (SSSR count). The molecule has 0 aliphatic rings. The minimum absolute atomic E-state index is 0.485. The molecule has 0 N–H and O–H groups in total. The van der Waals surface area contributed by atoms with Gasteiger partial charge in [-0.2, -0.15) is 0 Å². The molecular formula is C14H22O2. The molecule has 16 heavy (non-hydrogen) atoms. The summed E-state index contributed by atoms with van der Waals surface area (Å²) in [4.78, 5) is 0. The zero-order chi connectivity index (χ0) is 12.1. The average molecular weight is 222 g/mol. The van der Waals surface area contributed by atoms with Gasteiger partial charge in [-0.3, -0.25) is 0 Å². The molecule has 0 radical (unpaired) electrons. The molecule has 90 valence electrons.